The molecule has 3 heteroatoms. The minimum atomic E-state index is 0.374. The van der Waals surface area contributed by atoms with Gasteiger partial charge in [0.15, 0.2) is 0 Å². The summed E-state index contributed by atoms with van der Waals surface area (Å²) in [5.41, 5.74) is 2.10. The largest absolute Gasteiger partial charge is 0.493 e. The Balaban J connectivity index is 3.08. The van der Waals surface area contributed by atoms with E-state index in [9.17, 15) is 5.11 Å². The van der Waals surface area contributed by atoms with E-state index in [1.165, 1.54) is 0 Å². The van der Waals surface area contributed by atoms with Crippen molar-refractivity contribution in [3.8, 4) is 5.88 Å². The molecule has 92 valence electrons. The van der Waals surface area contributed by atoms with Gasteiger partial charge in [-0.3, -0.25) is 0 Å². The van der Waals surface area contributed by atoms with Crippen molar-refractivity contribution in [1.82, 2.24) is 9.78 Å². The average Bonchev–Trinajstić information content (AvgIpc) is 2.46. The second kappa shape index (κ2) is 5.37. The molecule has 0 bridgehead atoms. The van der Waals surface area contributed by atoms with Crippen LogP contribution in [0.3, 0.4) is 0 Å². The van der Waals surface area contributed by atoms with Gasteiger partial charge in [-0.05, 0) is 18.3 Å². The Bertz CT molecular complexity index is 340. The Morgan fingerprint density at radius 3 is 2.31 bits per heavy atom. The van der Waals surface area contributed by atoms with Crippen molar-refractivity contribution in [2.24, 2.45) is 5.92 Å². The molecule has 16 heavy (non-hydrogen) atoms. The summed E-state index contributed by atoms with van der Waals surface area (Å²) in [6.45, 7) is 11.4. The molecule has 0 fully saturated rings. The highest BCUT2D eigenvalue weighted by Crippen LogP contribution is 2.28. The van der Waals surface area contributed by atoms with Crippen molar-refractivity contribution in [2.75, 3.05) is 0 Å². The van der Waals surface area contributed by atoms with Gasteiger partial charge in [-0.25, -0.2) is 4.68 Å². The number of hydrogen-bond donors (Lipinski definition) is 1. The summed E-state index contributed by atoms with van der Waals surface area (Å²) in [7, 11) is 0. The third kappa shape index (κ3) is 2.77. The zero-order chi connectivity index (χ0) is 12.3. The third-order valence-corrected chi connectivity index (χ3v) is 2.64. The van der Waals surface area contributed by atoms with Gasteiger partial charge in [-0.15, -0.1) is 0 Å². The minimum Gasteiger partial charge on any atom is -0.493 e. The van der Waals surface area contributed by atoms with Crippen LogP contribution >= 0.6 is 0 Å². The van der Waals surface area contributed by atoms with Crippen molar-refractivity contribution in [1.29, 1.82) is 0 Å². The molecule has 1 N–H and O–H groups in total. The van der Waals surface area contributed by atoms with E-state index in [-0.39, 0.29) is 0 Å². The molecule has 1 rings (SSSR count). The predicted octanol–water partition coefficient (Wildman–Crippen LogP) is 3.32. The third-order valence-electron chi connectivity index (χ3n) is 2.64. The van der Waals surface area contributed by atoms with Crippen LogP contribution in [-0.4, -0.2) is 14.9 Å². The maximum atomic E-state index is 10.1. The second-order valence-corrected chi connectivity index (χ2v) is 5.17. The van der Waals surface area contributed by atoms with Crippen LogP contribution in [0.15, 0.2) is 0 Å². The van der Waals surface area contributed by atoms with Crippen LogP contribution in [0.4, 0.5) is 0 Å². The Morgan fingerprint density at radius 2 is 1.88 bits per heavy atom. The highest BCUT2D eigenvalue weighted by atomic mass is 16.3. The standard InChI is InChI=1S/C13H24N2O/c1-6-7-11-12(10(4)5)14-15(13(11)16)8-9(2)3/h9-10,16H,6-8H2,1-5H3. The van der Waals surface area contributed by atoms with E-state index in [1.807, 2.05) is 0 Å². The first-order chi connectivity index (χ1) is 7.47. The van der Waals surface area contributed by atoms with E-state index in [4.69, 9.17) is 0 Å². The molecule has 0 aliphatic carbocycles. The summed E-state index contributed by atoms with van der Waals surface area (Å²) in [6, 6.07) is 0. The van der Waals surface area contributed by atoms with E-state index < -0.39 is 0 Å². The fourth-order valence-corrected chi connectivity index (χ4v) is 1.94. The van der Waals surface area contributed by atoms with E-state index in [0.717, 1.165) is 30.6 Å². The van der Waals surface area contributed by atoms with E-state index >= 15 is 0 Å². The highest BCUT2D eigenvalue weighted by molar-refractivity contribution is 5.32. The molecular weight excluding hydrogens is 200 g/mol. The van der Waals surface area contributed by atoms with Gasteiger partial charge < -0.3 is 5.11 Å². The number of hydrogen-bond acceptors (Lipinski definition) is 2. The molecule has 0 atom stereocenters. The first-order valence-corrected chi connectivity index (χ1v) is 6.25. The van der Waals surface area contributed by atoms with Gasteiger partial charge in [-0.2, -0.15) is 5.10 Å². The lowest BCUT2D eigenvalue weighted by atomic mass is 10.0. The summed E-state index contributed by atoms with van der Waals surface area (Å²) >= 11 is 0. The maximum absolute atomic E-state index is 10.1. The average molecular weight is 224 g/mol. The fourth-order valence-electron chi connectivity index (χ4n) is 1.94. The monoisotopic (exact) mass is 224 g/mol. The molecule has 0 aromatic carbocycles. The zero-order valence-electron chi connectivity index (χ0n) is 11.1. The van der Waals surface area contributed by atoms with Crippen molar-refractivity contribution >= 4 is 0 Å². The van der Waals surface area contributed by atoms with Gasteiger partial charge in [0.05, 0.1) is 5.69 Å². The van der Waals surface area contributed by atoms with Crippen LogP contribution in [0.5, 0.6) is 5.88 Å². The van der Waals surface area contributed by atoms with Crippen LogP contribution in [0.25, 0.3) is 0 Å². The van der Waals surface area contributed by atoms with Gasteiger partial charge in [0.25, 0.3) is 0 Å². The lowest BCUT2D eigenvalue weighted by Crippen LogP contribution is -2.06. The van der Waals surface area contributed by atoms with Crippen molar-refractivity contribution in [3.05, 3.63) is 11.3 Å². The predicted molar refractivity (Wildman–Crippen MR) is 66.8 cm³/mol. The molecule has 1 heterocycles. The molecular formula is C13H24N2O. The molecule has 0 saturated carbocycles. The maximum Gasteiger partial charge on any atom is 0.212 e. The molecule has 1 aromatic rings. The zero-order valence-corrected chi connectivity index (χ0v) is 11.1. The van der Waals surface area contributed by atoms with Crippen LogP contribution in [0.2, 0.25) is 0 Å². The summed E-state index contributed by atoms with van der Waals surface area (Å²) in [6.07, 6.45) is 1.96. The van der Waals surface area contributed by atoms with Gasteiger partial charge in [-0.1, -0.05) is 41.0 Å². The molecule has 0 aliphatic heterocycles. The molecule has 3 nitrogen and oxygen atoms in total. The number of aromatic hydroxyl groups is 1. The summed E-state index contributed by atoms with van der Waals surface area (Å²) < 4.78 is 1.75. The topological polar surface area (TPSA) is 38.0 Å². The minimum absolute atomic E-state index is 0.374. The smallest absolute Gasteiger partial charge is 0.212 e. The first-order valence-electron chi connectivity index (χ1n) is 6.25. The Kier molecular flexibility index (Phi) is 4.39. The van der Waals surface area contributed by atoms with Gasteiger partial charge >= 0.3 is 0 Å². The molecule has 0 aliphatic rings. The molecule has 0 spiro atoms. The normalized spacial score (nSPS) is 11.7. The van der Waals surface area contributed by atoms with Crippen molar-refractivity contribution in [3.63, 3.8) is 0 Å². The molecule has 1 aromatic heterocycles. The van der Waals surface area contributed by atoms with Crippen LogP contribution in [-0.2, 0) is 13.0 Å². The van der Waals surface area contributed by atoms with Crippen molar-refractivity contribution < 1.29 is 5.11 Å². The highest BCUT2D eigenvalue weighted by Gasteiger charge is 2.18. The lowest BCUT2D eigenvalue weighted by molar-refractivity contribution is 0.368. The van der Waals surface area contributed by atoms with Crippen LogP contribution in [0.1, 0.15) is 58.2 Å². The number of aromatic nitrogens is 2. The SMILES string of the molecule is CCCc1c(C(C)C)nn(CC(C)C)c1O. The van der Waals surface area contributed by atoms with E-state index in [0.29, 0.717) is 17.7 Å². The summed E-state index contributed by atoms with van der Waals surface area (Å²) in [5, 5.41) is 14.7. The van der Waals surface area contributed by atoms with Gasteiger partial charge in [0, 0.05) is 12.1 Å². The van der Waals surface area contributed by atoms with E-state index in [1.54, 1.807) is 4.68 Å². The van der Waals surface area contributed by atoms with Crippen LogP contribution < -0.4 is 0 Å². The first kappa shape index (κ1) is 13.1. The lowest BCUT2D eigenvalue weighted by Gasteiger charge is -2.06. The molecule has 0 unspecified atom stereocenters. The Labute approximate surface area is 98.5 Å². The van der Waals surface area contributed by atoms with Crippen molar-refractivity contribution in [2.45, 2.75) is 59.9 Å². The number of nitrogens with zero attached hydrogens (tertiary/aromatic N) is 2. The summed E-state index contributed by atoms with van der Waals surface area (Å²) in [5.74, 6) is 1.25. The number of rotatable bonds is 5. The fraction of sp³-hybridized carbons (Fsp3) is 0.769. The molecule has 0 radical (unpaired) electrons. The molecule has 0 amide bonds. The molecule has 0 saturated heterocycles. The summed E-state index contributed by atoms with van der Waals surface area (Å²) in [4.78, 5) is 0. The Hall–Kier alpha value is -0.990. The quantitative estimate of drug-likeness (QED) is 0.833. The van der Waals surface area contributed by atoms with Gasteiger partial charge in [0.1, 0.15) is 0 Å². The van der Waals surface area contributed by atoms with Crippen LogP contribution in [0, 0.1) is 5.92 Å². The van der Waals surface area contributed by atoms with E-state index in [2.05, 4.69) is 39.7 Å². The second-order valence-electron chi connectivity index (χ2n) is 5.17. The Morgan fingerprint density at radius 1 is 1.25 bits per heavy atom. The van der Waals surface area contributed by atoms with Gasteiger partial charge in [0.2, 0.25) is 5.88 Å².